The molecule has 0 unspecified atom stereocenters. The molecule has 0 bridgehead atoms. The number of aliphatic hydroxyl groups is 1. The minimum absolute atomic E-state index is 0.126. The van der Waals surface area contributed by atoms with Crippen molar-refractivity contribution in [3.8, 4) is 0 Å². The van der Waals surface area contributed by atoms with Crippen molar-refractivity contribution in [1.82, 2.24) is 5.32 Å². The molecule has 0 atom stereocenters. The summed E-state index contributed by atoms with van der Waals surface area (Å²) in [5, 5.41) is 12.1. The smallest absolute Gasteiger partial charge is 0.224 e. The predicted octanol–water partition coefficient (Wildman–Crippen LogP) is 2.01. The van der Waals surface area contributed by atoms with E-state index >= 15 is 0 Å². The van der Waals surface area contributed by atoms with Gasteiger partial charge in [-0.1, -0.05) is 41.9 Å². The Morgan fingerprint density at radius 1 is 1.33 bits per heavy atom. The van der Waals surface area contributed by atoms with E-state index in [0.29, 0.717) is 24.1 Å². The minimum atomic E-state index is 0.126. The van der Waals surface area contributed by atoms with Gasteiger partial charge in [-0.3, -0.25) is 4.99 Å². The van der Waals surface area contributed by atoms with Gasteiger partial charge in [-0.05, 0) is 18.1 Å². The Morgan fingerprint density at radius 2 is 2.11 bits per heavy atom. The Hall–Kier alpha value is -1.65. The van der Waals surface area contributed by atoms with Crippen molar-refractivity contribution >= 4 is 28.8 Å². The highest BCUT2D eigenvalue weighted by Gasteiger charge is 2.15. The van der Waals surface area contributed by atoms with Crippen LogP contribution in [0.25, 0.3) is 6.08 Å². The molecule has 1 aliphatic heterocycles. The summed E-state index contributed by atoms with van der Waals surface area (Å²) in [4.78, 5) is 8.30. The van der Waals surface area contributed by atoms with Crippen LogP contribution in [0.5, 0.6) is 0 Å². The van der Waals surface area contributed by atoms with Gasteiger partial charge < -0.3 is 10.4 Å². The van der Waals surface area contributed by atoms with Gasteiger partial charge in [-0.25, -0.2) is 0 Å². The van der Waals surface area contributed by atoms with Gasteiger partial charge in [0.1, 0.15) is 0 Å². The van der Waals surface area contributed by atoms with Crippen molar-refractivity contribution < 1.29 is 5.11 Å². The maximum absolute atomic E-state index is 8.68. The number of halogens is 1. The fourth-order valence-corrected chi connectivity index (χ4v) is 1.68. The largest absolute Gasteiger partial charge is 0.396 e. The normalized spacial score (nSPS) is 19.1. The van der Waals surface area contributed by atoms with E-state index in [0.717, 1.165) is 11.3 Å². The predicted molar refractivity (Wildman–Crippen MR) is 74.8 cm³/mol. The number of aliphatic hydroxyl groups excluding tert-OH is 1. The van der Waals surface area contributed by atoms with Gasteiger partial charge in [0.2, 0.25) is 5.96 Å². The summed E-state index contributed by atoms with van der Waals surface area (Å²) >= 11 is 6.02. The molecule has 1 aromatic rings. The SMILES string of the molecule is OCCCN=C1N=C(Cl)/C(=C/c2ccccc2)N1. The van der Waals surface area contributed by atoms with Gasteiger partial charge in [0.15, 0.2) is 5.17 Å². The molecule has 0 radical (unpaired) electrons. The average molecular weight is 264 g/mol. The van der Waals surface area contributed by atoms with Crippen LogP contribution in [0, 0.1) is 0 Å². The number of allylic oxidation sites excluding steroid dienone is 1. The molecule has 0 spiro atoms. The first-order chi connectivity index (χ1) is 8.79. The second kappa shape index (κ2) is 6.33. The number of hydrogen-bond acceptors (Lipinski definition) is 2. The lowest BCUT2D eigenvalue weighted by Gasteiger charge is -1.99. The molecule has 94 valence electrons. The number of nitrogens with one attached hydrogen (secondary N) is 1. The van der Waals surface area contributed by atoms with Gasteiger partial charge in [0.25, 0.3) is 0 Å². The second-order valence-corrected chi connectivity index (χ2v) is 4.14. The van der Waals surface area contributed by atoms with Crippen molar-refractivity contribution in [3.63, 3.8) is 0 Å². The molecule has 4 nitrogen and oxygen atoms in total. The summed E-state index contributed by atoms with van der Waals surface area (Å²) in [5.74, 6) is 0.496. The van der Waals surface area contributed by atoms with Crippen LogP contribution in [-0.2, 0) is 0 Å². The fraction of sp³-hybridized carbons (Fsp3) is 0.231. The molecule has 5 heteroatoms. The number of rotatable bonds is 4. The summed E-state index contributed by atoms with van der Waals surface area (Å²) < 4.78 is 0. The van der Waals surface area contributed by atoms with Gasteiger partial charge >= 0.3 is 0 Å². The number of nitrogens with zero attached hydrogens (tertiary/aromatic N) is 2. The van der Waals surface area contributed by atoms with Crippen LogP contribution >= 0.6 is 11.6 Å². The highest BCUT2D eigenvalue weighted by Crippen LogP contribution is 2.13. The molecular weight excluding hydrogens is 250 g/mol. The van der Waals surface area contributed by atoms with E-state index in [1.807, 2.05) is 36.4 Å². The number of aliphatic imine (C=N–C) groups is 2. The highest BCUT2D eigenvalue weighted by atomic mass is 35.5. The Balaban J connectivity index is 2.08. The quantitative estimate of drug-likeness (QED) is 0.817. The third kappa shape index (κ3) is 3.42. The first kappa shape index (κ1) is 12.8. The third-order valence-corrected chi connectivity index (χ3v) is 2.65. The average Bonchev–Trinajstić information content (AvgIpc) is 2.72. The summed E-state index contributed by atoms with van der Waals surface area (Å²) in [7, 11) is 0. The van der Waals surface area contributed by atoms with E-state index in [1.54, 1.807) is 0 Å². The number of guanidine groups is 1. The minimum Gasteiger partial charge on any atom is -0.396 e. The molecular formula is C13H14ClN3O. The van der Waals surface area contributed by atoms with E-state index in [-0.39, 0.29) is 6.61 Å². The van der Waals surface area contributed by atoms with E-state index in [9.17, 15) is 0 Å². The van der Waals surface area contributed by atoms with Crippen molar-refractivity contribution in [2.24, 2.45) is 9.98 Å². The molecule has 2 rings (SSSR count). The van der Waals surface area contributed by atoms with Crippen LogP contribution in [0.2, 0.25) is 0 Å². The number of benzene rings is 1. The first-order valence-corrected chi connectivity index (χ1v) is 6.11. The van der Waals surface area contributed by atoms with Crippen molar-refractivity contribution in [3.05, 3.63) is 41.6 Å². The van der Waals surface area contributed by atoms with E-state index in [2.05, 4.69) is 15.3 Å². The molecule has 0 aromatic heterocycles. The molecule has 0 aliphatic carbocycles. The maximum atomic E-state index is 8.68. The molecule has 1 heterocycles. The summed E-state index contributed by atoms with van der Waals surface area (Å²) in [5.41, 5.74) is 1.79. The molecule has 0 fully saturated rings. The van der Waals surface area contributed by atoms with E-state index in [1.165, 1.54) is 0 Å². The van der Waals surface area contributed by atoms with Gasteiger partial charge in [0, 0.05) is 13.2 Å². The Labute approximate surface area is 111 Å². The van der Waals surface area contributed by atoms with Crippen molar-refractivity contribution in [2.45, 2.75) is 6.42 Å². The lowest BCUT2D eigenvalue weighted by molar-refractivity contribution is 0.291. The third-order valence-electron chi connectivity index (χ3n) is 2.36. The molecule has 0 amide bonds. The van der Waals surface area contributed by atoms with Crippen LogP contribution in [0.4, 0.5) is 0 Å². The summed E-state index contributed by atoms with van der Waals surface area (Å²) in [6.07, 6.45) is 2.54. The Bertz CT molecular complexity index is 494. The lowest BCUT2D eigenvalue weighted by Crippen LogP contribution is -2.15. The maximum Gasteiger partial charge on any atom is 0.224 e. The van der Waals surface area contributed by atoms with E-state index in [4.69, 9.17) is 16.7 Å². The first-order valence-electron chi connectivity index (χ1n) is 5.73. The zero-order valence-corrected chi connectivity index (χ0v) is 10.6. The van der Waals surface area contributed by atoms with Crippen LogP contribution in [0.3, 0.4) is 0 Å². The molecule has 1 aromatic carbocycles. The summed E-state index contributed by atoms with van der Waals surface area (Å²) in [6.45, 7) is 0.659. The molecule has 1 aliphatic rings. The highest BCUT2D eigenvalue weighted by molar-refractivity contribution is 6.71. The standard InChI is InChI=1S/C13H14ClN3O/c14-12-11(9-10-5-2-1-3-6-10)16-13(17-12)15-7-4-8-18/h1-3,5-6,9,18H,4,7-8H2,(H,15,16)/b11-9-. The monoisotopic (exact) mass is 263 g/mol. The molecule has 0 saturated heterocycles. The fourth-order valence-electron chi connectivity index (χ4n) is 1.50. The molecule has 18 heavy (non-hydrogen) atoms. The number of hydrogen-bond donors (Lipinski definition) is 2. The molecule has 2 N–H and O–H groups in total. The Morgan fingerprint density at radius 3 is 2.83 bits per heavy atom. The van der Waals surface area contributed by atoms with Crippen LogP contribution in [-0.4, -0.2) is 29.4 Å². The Kier molecular flexibility index (Phi) is 4.50. The lowest BCUT2D eigenvalue weighted by atomic mass is 10.2. The van der Waals surface area contributed by atoms with Crippen LogP contribution < -0.4 is 5.32 Å². The molecule has 0 saturated carbocycles. The van der Waals surface area contributed by atoms with E-state index < -0.39 is 0 Å². The van der Waals surface area contributed by atoms with Gasteiger partial charge in [-0.2, -0.15) is 4.99 Å². The van der Waals surface area contributed by atoms with Crippen molar-refractivity contribution in [1.29, 1.82) is 0 Å². The topological polar surface area (TPSA) is 57.0 Å². The summed E-state index contributed by atoms with van der Waals surface area (Å²) in [6, 6.07) is 9.85. The van der Waals surface area contributed by atoms with Crippen LogP contribution in [0.15, 0.2) is 46.0 Å². The zero-order valence-electron chi connectivity index (χ0n) is 9.81. The second-order valence-electron chi connectivity index (χ2n) is 3.78. The van der Waals surface area contributed by atoms with Crippen molar-refractivity contribution in [2.75, 3.05) is 13.2 Å². The zero-order chi connectivity index (χ0) is 12.8. The van der Waals surface area contributed by atoms with Gasteiger partial charge in [0.05, 0.1) is 5.70 Å². The van der Waals surface area contributed by atoms with Crippen LogP contribution in [0.1, 0.15) is 12.0 Å². The van der Waals surface area contributed by atoms with Gasteiger partial charge in [-0.15, -0.1) is 0 Å².